The Balaban J connectivity index is 1.98. The van der Waals surface area contributed by atoms with E-state index in [2.05, 4.69) is 79.4 Å². The molecule has 0 bridgehead atoms. The minimum absolute atomic E-state index is 0.483. The molecule has 1 atom stereocenters. The van der Waals surface area contributed by atoms with Crippen LogP contribution in [0.3, 0.4) is 0 Å². The van der Waals surface area contributed by atoms with Crippen molar-refractivity contribution < 1.29 is 4.58 Å². The number of nitrogens with one attached hydrogen (secondary N) is 1. The topological polar surface area (TPSA) is 18.3 Å². The quantitative estimate of drug-likeness (QED) is 0.789. The summed E-state index contributed by atoms with van der Waals surface area (Å²) in [7, 11) is 8.32. The molecule has 2 aliphatic rings. The van der Waals surface area contributed by atoms with Gasteiger partial charge in [-0.05, 0) is 24.1 Å². The van der Waals surface area contributed by atoms with Crippen molar-refractivity contribution in [1.29, 1.82) is 0 Å². The molecule has 1 heterocycles. The summed E-state index contributed by atoms with van der Waals surface area (Å²) in [6.45, 7) is 0. The summed E-state index contributed by atoms with van der Waals surface area (Å²) in [5, 5.41) is 3.61. The fourth-order valence-electron chi connectivity index (χ4n) is 2.75. The van der Waals surface area contributed by atoms with Gasteiger partial charge in [-0.25, -0.2) is 4.58 Å². The number of benzene rings is 1. The molecule has 0 saturated carbocycles. The molecule has 1 aliphatic heterocycles. The zero-order chi connectivity index (χ0) is 14.3. The number of fused-ring (bicyclic) bond motifs is 2. The van der Waals surface area contributed by atoms with Crippen LogP contribution in [0.5, 0.6) is 0 Å². The second kappa shape index (κ2) is 4.82. The van der Waals surface area contributed by atoms with Gasteiger partial charge in [0.15, 0.2) is 0 Å². The lowest BCUT2D eigenvalue weighted by atomic mass is 9.87. The molecule has 0 aromatic heterocycles. The van der Waals surface area contributed by atoms with Crippen molar-refractivity contribution in [3.8, 4) is 0 Å². The average Bonchev–Trinajstić information content (AvgIpc) is 2.43. The third kappa shape index (κ3) is 2.24. The van der Waals surface area contributed by atoms with Crippen LogP contribution in [-0.4, -0.2) is 38.5 Å². The number of allylic oxidation sites excluding steroid dienone is 3. The first-order valence-corrected chi connectivity index (χ1v) is 7.06. The van der Waals surface area contributed by atoms with Crippen LogP contribution >= 0.6 is 0 Å². The summed E-state index contributed by atoms with van der Waals surface area (Å²) in [5.74, 6) is 0.483. The van der Waals surface area contributed by atoms with E-state index in [0.29, 0.717) is 5.92 Å². The maximum atomic E-state index is 3.61. The van der Waals surface area contributed by atoms with E-state index in [4.69, 9.17) is 0 Å². The summed E-state index contributed by atoms with van der Waals surface area (Å²) in [5.41, 5.74) is 6.43. The Kier molecular flexibility index (Phi) is 3.13. The first-order valence-electron chi connectivity index (χ1n) is 7.06. The van der Waals surface area contributed by atoms with Crippen LogP contribution in [0.15, 0.2) is 42.1 Å². The monoisotopic (exact) mass is 268 g/mol. The molecule has 0 amide bonds. The number of rotatable bonds is 1. The lowest BCUT2D eigenvalue weighted by Crippen LogP contribution is -2.25. The second-order valence-corrected chi connectivity index (χ2v) is 5.95. The number of hydrogen-bond acceptors (Lipinski definition) is 2. The standard InChI is InChI=1S/C17H21N3/c1-19(2)14-7-5-12-9-13-6-8-15(20(3)4)11-17(13)18-16(12)10-14/h5-8,10-12H,9H2,1-4H3/p+1. The van der Waals surface area contributed by atoms with Gasteiger partial charge in [0.1, 0.15) is 14.1 Å². The highest BCUT2D eigenvalue weighted by atomic mass is 15.1. The Bertz CT molecular complexity index is 632. The third-order valence-electron chi connectivity index (χ3n) is 4.05. The predicted molar refractivity (Wildman–Crippen MR) is 85.9 cm³/mol. The van der Waals surface area contributed by atoms with Gasteiger partial charge in [-0.1, -0.05) is 12.1 Å². The predicted octanol–water partition coefficient (Wildman–Crippen LogP) is 2.50. The molecule has 20 heavy (non-hydrogen) atoms. The van der Waals surface area contributed by atoms with Gasteiger partial charge in [-0.3, -0.25) is 0 Å². The lowest BCUT2D eigenvalue weighted by Gasteiger charge is -2.29. The summed E-state index contributed by atoms with van der Waals surface area (Å²) in [6, 6.07) is 6.67. The normalized spacial score (nSPS) is 19.7. The van der Waals surface area contributed by atoms with Crippen LogP contribution in [0.1, 0.15) is 5.56 Å². The Morgan fingerprint density at radius 1 is 1.25 bits per heavy atom. The molecule has 3 rings (SSSR count). The van der Waals surface area contributed by atoms with Gasteiger partial charge in [0.25, 0.3) is 0 Å². The largest absolute Gasteiger partial charge is 0.378 e. The summed E-state index contributed by atoms with van der Waals surface area (Å²) in [6.07, 6.45) is 7.87. The van der Waals surface area contributed by atoms with Gasteiger partial charge in [0.05, 0.1) is 0 Å². The van der Waals surface area contributed by atoms with E-state index in [9.17, 15) is 0 Å². The molecule has 0 saturated heterocycles. The Labute approximate surface area is 120 Å². The molecule has 3 nitrogen and oxygen atoms in total. The van der Waals surface area contributed by atoms with E-state index in [1.807, 2.05) is 0 Å². The van der Waals surface area contributed by atoms with Gasteiger partial charge in [-0.15, -0.1) is 0 Å². The minimum atomic E-state index is 0.483. The molecule has 0 radical (unpaired) electrons. The van der Waals surface area contributed by atoms with Gasteiger partial charge in [0, 0.05) is 49.2 Å². The second-order valence-electron chi connectivity index (χ2n) is 5.95. The van der Waals surface area contributed by atoms with Crippen molar-refractivity contribution in [3.63, 3.8) is 0 Å². The van der Waals surface area contributed by atoms with E-state index in [-0.39, 0.29) is 0 Å². The third-order valence-corrected chi connectivity index (χ3v) is 4.05. The molecule has 1 N–H and O–H groups in total. The van der Waals surface area contributed by atoms with Crippen molar-refractivity contribution in [1.82, 2.24) is 0 Å². The Hall–Kier alpha value is -2.03. The molecule has 1 aromatic rings. The maximum Gasteiger partial charge on any atom is 0.200 e. The summed E-state index contributed by atoms with van der Waals surface area (Å²) in [4.78, 5) is 2.14. The van der Waals surface area contributed by atoms with Crippen LogP contribution in [-0.2, 0) is 6.42 Å². The molecule has 1 aromatic carbocycles. The fourth-order valence-corrected chi connectivity index (χ4v) is 2.75. The first-order chi connectivity index (χ1) is 9.54. The molecular formula is C17H22N3+. The molecular weight excluding hydrogens is 246 g/mol. The molecule has 0 fully saturated rings. The van der Waals surface area contributed by atoms with Gasteiger partial charge in [-0.2, -0.15) is 0 Å². The van der Waals surface area contributed by atoms with Crippen molar-refractivity contribution >= 4 is 17.1 Å². The highest BCUT2D eigenvalue weighted by Crippen LogP contribution is 2.35. The average molecular weight is 268 g/mol. The smallest absolute Gasteiger partial charge is 0.200 e. The maximum absolute atomic E-state index is 3.61. The van der Waals surface area contributed by atoms with E-state index < -0.39 is 0 Å². The highest BCUT2D eigenvalue weighted by molar-refractivity contribution is 6.02. The van der Waals surface area contributed by atoms with Crippen molar-refractivity contribution in [2.45, 2.75) is 6.42 Å². The van der Waals surface area contributed by atoms with E-state index in [1.54, 1.807) is 0 Å². The van der Waals surface area contributed by atoms with Gasteiger partial charge < -0.3 is 10.2 Å². The lowest BCUT2D eigenvalue weighted by molar-refractivity contribution is -0.462. The first kappa shape index (κ1) is 13.0. The van der Waals surface area contributed by atoms with E-state index in [0.717, 1.165) is 6.42 Å². The van der Waals surface area contributed by atoms with Crippen LogP contribution in [0.4, 0.5) is 11.4 Å². The summed E-state index contributed by atoms with van der Waals surface area (Å²) >= 11 is 0. The Morgan fingerprint density at radius 2 is 2.05 bits per heavy atom. The van der Waals surface area contributed by atoms with Crippen LogP contribution in [0.2, 0.25) is 0 Å². The SMILES string of the molecule is CN(C)c1ccc2c(c1)NC1=CC(=[N+](C)C)C=CC1C2. The highest BCUT2D eigenvalue weighted by Gasteiger charge is 2.25. The summed E-state index contributed by atoms with van der Waals surface area (Å²) < 4.78 is 2.15. The van der Waals surface area contributed by atoms with Crippen LogP contribution in [0.25, 0.3) is 0 Å². The van der Waals surface area contributed by atoms with Crippen molar-refractivity contribution in [2.75, 3.05) is 38.4 Å². The molecule has 0 spiro atoms. The number of hydrogen-bond donors (Lipinski definition) is 1. The minimum Gasteiger partial charge on any atom is -0.378 e. The van der Waals surface area contributed by atoms with Crippen molar-refractivity contribution in [3.05, 3.63) is 47.7 Å². The van der Waals surface area contributed by atoms with E-state index in [1.165, 1.54) is 28.3 Å². The van der Waals surface area contributed by atoms with E-state index >= 15 is 0 Å². The number of anilines is 2. The Morgan fingerprint density at radius 3 is 2.75 bits per heavy atom. The molecule has 1 aliphatic carbocycles. The molecule has 104 valence electrons. The van der Waals surface area contributed by atoms with Crippen LogP contribution in [0, 0.1) is 5.92 Å². The molecule has 3 heteroatoms. The molecule has 1 unspecified atom stereocenters. The zero-order valence-corrected chi connectivity index (χ0v) is 12.6. The number of nitrogens with zero attached hydrogens (tertiary/aromatic N) is 2. The zero-order valence-electron chi connectivity index (χ0n) is 12.6. The van der Waals surface area contributed by atoms with Crippen molar-refractivity contribution in [2.24, 2.45) is 5.92 Å². The fraction of sp³-hybridized carbons (Fsp3) is 0.353. The van der Waals surface area contributed by atoms with Gasteiger partial charge in [0.2, 0.25) is 5.71 Å². The van der Waals surface area contributed by atoms with Gasteiger partial charge >= 0.3 is 0 Å². The van der Waals surface area contributed by atoms with Crippen LogP contribution < -0.4 is 10.2 Å².